The minimum absolute atomic E-state index is 0.0313. The highest BCUT2D eigenvalue weighted by molar-refractivity contribution is 5.86. The Morgan fingerprint density at radius 1 is 0.674 bits per heavy atom. The monoisotopic (exact) mass is 646 g/mol. The molecule has 3 saturated heterocycles. The molecule has 7 aliphatic rings. The van der Waals surface area contributed by atoms with Crippen LogP contribution in [0.5, 0.6) is 0 Å². The molecule has 3 aliphatic heterocycles. The minimum atomic E-state index is -0.890. The number of allylic oxidation sites excluding steroid dienone is 1. The van der Waals surface area contributed by atoms with Gasteiger partial charge in [0.1, 0.15) is 5.76 Å². The van der Waals surface area contributed by atoms with Crippen molar-refractivity contribution < 1.29 is 38.3 Å². The molecule has 46 heavy (non-hydrogen) atoms. The topological polar surface area (TPSA) is 92.7 Å². The third-order valence-corrected chi connectivity index (χ3v) is 12.6. The minimum Gasteiger partial charge on any atom is -0.496 e. The second kappa shape index (κ2) is 13.6. The molecule has 2 atom stereocenters. The van der Waals surface area contributed by atoms with Crippen molar-refractivity contribution in [1.82, 2.24) is 0 Å². The van der Waals surface area contributed by atoms with Crippen LogP contribution in [0.4, 0.5) is 0 Å². The van der Waals surface area contributed by atoms with Crippen molar-refractivity contribution in [2.24, 2.45) is 27.6 Å². The second-order valence-corrected chi connectivity index (χ2v) is 17.1. The van der Waals surface area contributed by atoms with Gasteiger partial charge < -0.3 is 33.5 Å². The molecule has 4 saturated carbocycles. The number of carbonyl (C=O) groups is 1. The zero-order valence-corrected chi connectivity index (χ0v) is 29.4. The third-order valence-electron chi connectivity index (χ3n) is 12.6. The smallest absolute Gasteiger partial charge is 0.334 e. The van der Waals surface area contributed by atoms with Crippen molar-refractivity contribution in [2.75, 3.05) is 59.5 Å². The molecule has 0 spiro atoms. The highest BCUT2D eigenvalue weighted by Gasteiger charge is 2.67. The number of carboxylic acid groups (broad SMARTS) is 1. The standard InChI is InChI=1S/C38H62O8/c1-5-8-11-33(20-41-21-33)26-44-31(29(4)32(39)40)36-14-30-15-37(17-36,45-27-34(12-9-6-2)22-42-23-34)19-38(16-30,18-36)46-28-35(13-10-7-3)24-43-25-35/h30H,5-28H2,1-4H3,(H,39,40). The van der Waals surface area contributed by atoms with Gasteiger partial charge in [-0.15, -0.1) is 0 Å². The van der Waals surface area contributed by atoms with Gasteiger partial charge in [-0.2, -0.15) is 0 Å². The van der Waals surface area contributed by atoms with E-state index < -0.39 is 11.4 Å². The molecule has 2 unspecified atom stereocenters. The molecular weight excluding hydrogens is 584 g/mol. The van der Waals surface area contributed by atoms with Crippen LogP contribution in [0.15, 0.2) is 11.3 Å². The van der Waals surface area contributed by atoms with Crippen LogP contribution in [-0.2, 0) is 33.2 Å². The van der Waals surface area contributed by atoms with Gasteiger partial charge in [0, 0.05) is 22.7 Å². The summed E-state index contributed by atoms with van der Waals surface area (Å²) in [6.45, 7) is 14.8. The van der Waals surface area contributed by atoms with E-state index in [2.05, 4.69) is 20.8 Å². The first kappa shape index (κ1) is 34.7. The van der Waals surface area contributed by atoms with Crippen LogP contribution in [0.2, 0.25) is 0 Å². The van der Waals surface area contributed by atoms with Gasteiger partial charge in [-0.05, 0) is 64.2 Å². The molecule has 0 aromatic heterocycles. The normalized spacial score (nSPS) is 35.1. The Morgan fingerprint density at radius 3 is 1.48 bits per heavy atom. The molecule has 4 aliphatic carbocycles. The van der Waals surface area contributed by atoms with Crippen molar-refractivity contribution in [3.63, 3.8) is 0 Å². The molecule has 0 amide bonds. The van der Waals surface area contributed by atoms with E-state index in [1.165, 1.54) is 25.7 Å². The summed E-state index contributed by atoms with van der Waals surface area (Å²) in [5, 5.41) is 10.4. The van der Waals surface area contributed by atoms with Crippen LogP contribution < -0.4 is 0 Å². The van der Waals surface area contributed by atoms with Gasteiger partial charge in [-0.25, -0.2) is 4.79 Å². The highest BCUT2D eigenvalue weighted by Crippen LogP contribution is 2.68. The lowest BCUT2D eigenvalue weighted by Gasteiger charge is -2.66. The third kappa shape index (κ3) is 6.81. The SMILES string of the molecule is CCCCC1(COC(=C(C)C(=O)O)C23CC4CC(OCC5(CCCC)COC5)(CC(OCC5(CCCC)COC5)(C4)C2)C3)COC1. The fraction of sp³-hybridized carbons (Fsp3) is 0.921. The number of unbranched alkanes of at least 4 members (excludes halogenated alkanes) is 3. The van der Waals surface area contributed by atoms with Crippen molar-refractivity contribution in [3.8, 4) is 0 Å². The number of ether oxygens (including phenoxy) is 6. The van der Waals surface area contributed by atoms with Crippen LogP contribution in [0.25, 0.3) is 0 Å². The van der Waals surface area contributed by atoms with E-state index >= 15 is 0 Å². The molecule has 262 valence electrons. The van der Waals surface area contributed by atoms with E-state index in [1.807, 2.05) is 0 Å². The van der Waals surface area contributed by atoms with E-state index in [4.69, 9.17) is 28.4 Å². The van der Waals surface area contributed by atoms with Crippen LogP contribution in [0, 0.1) is 27.6 Å². The maximum atomic E-state index is 12.7. The molecule has 0 radical (unpaired) electrons. The molecule has 8 nitrogen and oxygen atoms in total. The number of hydrogen-bond donors (Lipinski definition) is 1. The molecule has 3 heterocycles. The van der Waals surface area contributed by atoms with Gasteiger partial charge >= 0.3 is 5.97 Å². The zero-order valence-electron chi connectivity index (χ0n) is 29.4. The lowest BCUT2D eigenvalue weighted by Crippen LogP contribution is -2.67. The van der Waals surface area contributed by atoms with Gasteiger partial charge in [0.15, 0.2) is 0 Å². The Kier molecular flexibility index (Phi) is 10.3. The van der Waals surface area contributed by atoms with Crippen LogP contribution in [0.1, 0.15) is 124 Å². The second-order valence-electron chi connectivity index (χ2n) is 17.1. The molecule has 1 N–H and O–H groups in total. The van der Waals surface area contributed by atoms with Gasteiger partial charge in [0.05, 0.1) is 81.7 Å². The first-order chi connectivity index (χ1) is 22.1. The Bertz CT molecular complexity index is 1060. The summed E-state index contributed by atoms with van der Waals surface area (Å²) in [6, 6.07) is 0. The Hall–Kier alpha value is -1.19. The molecule has 0 aromatic carbocycles. The first-order valence-corrected chi connectivity index (χ1v) is 18.7. The summed E-state index contributed by atoms with van der Waals surface area (Å²) in [5.41, 5.74) is -0.626. The van der Waals surface area contributed by atoms with Crippen molar-refractivity contribution in [1.29, 1.82) is 0 Å². The molecule has 0 aromatic rings. The lowest BCUT2D eigenvalue weighted by molar-refractivity contribution is -0.290. The van der Waals surface area contributed by atoms with E-state index in [0.717, 1.165) is 97.1 Å². The van der Waals surface area contributed by atoms with Crippen molar-refractivity contribution in [2.45, 2.75) is 135 Å². The number of aliphatic carboxylic acids is 1. The number of rotatable bonds is 20. The number of hydrogen-bond acceptors (Lipinski definition) is 7. The van der Waals surface area contributed by atoms with E-state index in [1.54, 1.807) is 6.92 Å². The molecule has 4 bridgehead atoms. The summed E-state index contributed by atoms with van der Waals surface area (Å²) in [6.07, 6.45) is 15.7. The highest BCUT2D eigenvalue weighted by atomic mass is 16.5. The summed E-state index contributed by atoms with van der Waals surface area (Å²) < 4.78 is 38.5. The summed E-state index contributed by atoms with van der Waals surface area (Å²) in [5.74, 6) is 0.206. The van der Waals surface area contributed by atoms with Gasteiger partial charge in [0.25, 0.3) is 0 Å². The quantitative estimate of drug-likeness (QED) is 0.108. The Morgan fingerprint density at radius 2 is 1.11 bits per heavy atom. The average Bonchev–Trinajstić information content (AvgIpc) is 2.95. The van der Waals surface area contributed by atoms with Crippen molar-refractivity contribution in [3.05, 3.63) is 11.3 Å². The molecule has 7 rings (SSSR count). The maximum absolute atomic E-state index is 12.7. The van der Waals surface area contributed by atoms with E-state index in [9.17, 15) is 9.90 Å². The summed E-state index contributed by atoms with van der Waals surface area (Å²) >= 11 is 0. The lowest BCUT2D eigenvalue weighted by atomic mass is 9.45. The summed E-state index contributed by atoms with van der Waals surface area (Å²) in [7, 11) is 0. The van der Waals surface area contributed by atoms with E-state index in [-0.39, 0.29) is 27.4 Å². The van der Waals surface area contributed by atoms with Crippen LogP contribution >= 0.6 is 0 Å². The van der Waals surface area contributed by atoms with Gasteiger partial charge in [-0.3, -0.25) is 0 Å². The fourth-order valence-electron chi connectivity index (χ4n) is 10.2. The van der Waals surface area contributed by atoms with Gasteiger partial charge in [-0.1, -0.05) is 59.3 Å². The predicted molar refractivity (Wildman–Crippen MR) is 176 cm³/mol. The molecular formula is C38H62O8. The average molecular weight is 647 g/mol. The fourth-order valence-corrected chi connectivity index (χ4v) is 10.2. The van der Waals surface area contributed by atoms with Gasteiger partial charge in [0.2, 0.25) is 0 Å². The van der Waals surface area contributed by atoms with Crippen LogP contribution in [-0.4, -0.2) is 81.7 Å². The van der Waals surface area contributed by atoms with Crippen molar-refractivity contribution >= 4 is 5.97 Å². The Balaban J connectivity index is 1.30. The predicted octanol–water partition coefficient (Wildman–Crippen LogP) is 7.48. The molecule has 8 heteroatoms. The van der Waals surface area contributed by atoms with Crippen LogP contribution in [0.3, 0.4) is 0 Å². The Labute approximate surface area is 277 Å². The first-order valence-electron chi connectivity index (χ1n) is 18.7. The van der Waals surface area contributed by atoms with E-state index in [0.29, 0.717) is 50.3 Å². The largest absolute Gasteiger partial charge is 0.496 e. The zero-order chi connectivity index (χ0) is 32.5. The maximum Gasteiger partial charge on any atom is 0.334 e. The number of carboxylic acids is 1. The summed E-state index contributed by atoms with van der Waals surface area (Å²) in [4.78, 5) is 12.7. The molecule has 7 fully saturated rings.